The lowest BCUT2D eigenvalue weighted by Crippen LogP contribution is -2.25. The maximum Gasteiger partial charge on any atom is 0.345 e. The SMILES string of the molecule is CC(C)=COC(CC(=O)O)C(=O)O. The smallest absolute Gasteiger partial charge is 0.345 e. The van der Waals surface area contributed by atoms with E-state index in [2.05, 4.69) is 0 Å². The van der Waals surface area contributed by atoms with E-state index in [4.69, 9.17) is 14.9 Å². The van der Waals surface area contributed by atoms with Crippen LogP contribution in [-0.4, -0.2) is 28.3 Å². The molecule has 1 atom stereocenters. The van der Waals surface area contributed by atoms with Crippen LogP contribution in [0.5, 0.6) is 0 Å². The Kier molecular flexibility index (Phi) is 4.58. The summed E-state index contributed by atoms with van der Waals surface area (Å²) in [6.45, 7) is 3.44. The summed E-state index contributed by atoms with van der Waals surface area (Å²) in [5.74, 6) is -2.48. The van der Waals surface area contributed by atoms with Gasteiger partial charge in [-0.15, -0.1) is 0 Å². The van der Waals surface area contributed by atoms with E-state index in [9.17, 15) is 9.59 Å². The van der Waals surface area contributed by atoms with Crippen LogP contribution in [0.1, 0.15) is 20.3 Å². The fraction of sp³-hybridized carbons (Fsp3) is 0.500. The Hall–Kier alpha value is -1.52. The van der Waals surface area contributed by atoms with E-state index in [-0.39, 0.29) is 0 Å². The molecular formula is C8H12O5. The van der Waals surface area contributed by atoms with E-state index in [1.54, 1.807) is 13.8 Å². The number of rotatable bonds is 5. The zero-order valence-corrected chi connectivity index (χ0v) is 7.48. The van der Waals surface area contributed by atoms with Gasteiger partial charge >= 0.3 is 11.9 Å². The predicted octanol–water partition coefficient (Wildman–Crippen LogP) is 0.855. The van der Waals surface area contributed by atoms with Crippen LogP contribution >= 0.6 is 0 Å². The molecule has 0 aromatic carbocycles. The van der Waals surface area contributed by atoms with Crippen LogP contribution in [0.15, 0.2) is 11.8 Å². The molecular weight excluding hydrogens is 176 g/mol. The highest BCUT2D eigenvalue weighted by Crippen LogP contribution is 2.02. The predicted molar refractivity (Wildman–Crippen MR) is 44.2 cm³/mol. The van der Waals surface area contributed by atoms with Gasteiger partial charge in [-0.25, -0.2) is 4.79 Å². The van der Waals surface area contributed by atoms with Crippen molar-refractivity contribution in [2.75, 3.05) is 0 Å². The molecule has 0 radical (unpaired) electrons. The van der Waals surface area contributed by atoms with E-state index in [0.29, 0.717) is 0 Å². The minimum absolute atomic E-state index is 0.543. The van der Waals surface area contributed by atoms with Gasteiger partial charge in [-0.2, -0.15) is 0 Å². The van der Waals surface area contributed by atoms with E-state index >= 15 is 0 Å². The molecule has 0 aliphatic rings. The van der Waals surface area contributed by atoms with Gasteiger partial charge in [0.2, 0.25) is 6.10 Å². The second-order valence-corrected chi connectivity index (χ2v) is 2.76. The first-order valence-corrected chi connectivity index (χ1v) is 3.67. The second-order valence-electron chi connectivity index (χ2n) is 2.76. The summed E-state index contributed by atoms with van der Waals surface area (Å²) in [4.78, 5) is 20.6. The summed E-state index contributed by atoms with van der Waals surface area (Å²) in [5, 5.41) is 16.9. The molecule has 0 aliphatic heterocycles. The van der Waals surface area contributed by atoms with Crippen LogP contribution < -0.4 is 0 Å². The number of carboxylic acid groups (broad SMARTS) is 2. The normalized spacial score (nSPS) is 11.5. The fourth-order valence-electron chi connectivity index (χ4n) is 0.570. The first-order chi connectivity index (χ1) is 5.93. The highest BCUT2D eigenvalue weighted by atomic mass is 16.5. The molecule has 0 aliphatic carbocycles. The van der Waals surface area contributed by atoms with Crippen molar-refractivity contribution in [1.82, 2.24) is 0 Å². The van der Waals surface area contributed by atoms with E-state index in [0.717, 1.165) is 5.57 Å². The number of carbonyl (C=O) groups is 2. The topological polar surface area (TPSA) is 83.8 Å². The Morgan fingerprint density at radius 2 is 1.92 bits per heavy atom. The Morgan fingerprint density at radius 3 is 2.23 bits per heavy atom. The number of ether oxygens (including phenoxy) is 1. The van der Waals surface area contributed by atoms with Gasteiger partial charge in [-0.1, -0.05) is 0 Å². The molecule has 0 fully saturated rings. The molecule has 0 saturated carbocycles. The van der Waals surface area contributed by atoms with Crippen LogP contribution in [0, 0.1) is 0 Å². The Balaban J connectivity index is 4.19. The van der Waals surface area contributed by atoms with Crippen molar-refractivity contribution in [2.24, 2.45) is 0 Å². The molecule has 13 heavy (non-hydrogen) atoms. The number of hydrogen-bond acceptors (Lipinski definition) is 3. The quantitative estimate of drug-likeness (QED) is 0.625. The number of hydrogen-bond donors (Lipinski definition) is 2. The molecule has 0 amide bonds. The number of allylic oxidation sites excluding steroid dienone is 1. The van der Waals surface area contributed by atoms with Gasteiger partial charge in [0.05, 0.1) is 12.7 Å². The average Bonchev–Trinajstić information content (AvgIpc) is 1.96. The van der Waals surface area contributed by atoms with Crippen molar-refractivity contribution in [3.63, 3.8) is 0 Å². The first kappa shape index (κ1) is 11.5. The monoisotopic (exact) mass is 188 g/mol. The molecule has 0 bridgehead atoms. The number of carboxylic acids is 2. The van der Waals surface area contributed by atoms with Gasteiger partial charge < -0.3 is 14.9 Å². The third kappa shape index (κ3) is 5.72. The highest BCUT2D eigenvalue weighted by Gasteiger charge is 2.21. The largest absolute Gasteiger partial charge is 0.486 e. The van der Waals surface area contributed by atoms with Crippen molar-refractivity contribution in [3.05, 3.63) is 11.8 Å². The summed E-state index contributed by atoms with van der Waals surface area (Å²) in [5.41, 5.74) is 0.775. The summed E-state index contributed by atoms with van der Waals surface area (Å²) in [6, 6.07) is 0. The van der Waals surface area contributed by atoms with Crippen LogP contribution in [0.2, 0.25) is 0 Å². The van der Waals surface area contributed by atoms with Crippen LogP contribution in [0.25, 0.3) is 0 Å². The third-order valence-corrected chi connectivity index (χ3v) is 1.10. The van der Waals surface area contributed by atoms with Crippen molar-refractivity contribution in [2.45, 2.75) is 26.4 Å². The maximum atomic E-state index is 10.4. The second kappa shape index (κ2) is 5.18. The Morgan fingerprint density at radius 1 is 1.38 bits per heavy atom. The lowest BCUT2D eigenvalue weighted by Gasteiger charge is -2.09. The third-order valence-electron chi connectivity index (χ3n) is 1.10. The molecule has 0 aromatic rings. The van der Waals surface area contributed by atoms with Gasteiger partial charge in [0.1, 0.15) is 0 Å². The maximum absolute atomic E-state index is 10.4. The fourth-order valence-corrected chi connectivity index (χ4v) is 0.570. The van der Waals surface area contributed by atoms with Gasteiger partial charge in [-0.05, 0) is 19.4 Å². The van der Waals surface area contributed by atoms with E-state index < -0.39 is 24.5 Å². The molecule has 0 spiro atoms. The Labute approximate surface area is 75.6 Å². The molecule has 74 valence electrons. The molecule has 5 nitrogen and oxygen atoms in total. The summed E-state index contributed by atoms with van der Waals surface area (Å²) in [7, 11) is 0. The van der Waals surface area contributed by atoms with Crippen molar-refractivity contribution < 1.29 is 24.5 Å². The molecule has 0 aromatic heterocycles. The van der Waals surface area contributed by atoms with E-state index in [1.165, 1.54) is 6.26 Å². The lowest BCUT2D eigenvalue weighted by molar-refractivity contribution is -0.153. The van der Waals surface area contributed by atoms with Crippen LogP contribution in [0.3, 0.4) is 0 Å². The molecule has 0 saturated heterocycles. The highest BCUT2D eigenvalue weighted by molar-refractivity contribution is 5.79. The minimum Gasteiger partial charge on any atom is -0.486 e. The van der Waals surface area contributed by atoms with Crippen molar-refractivity contribution in [3.8, 4) is 0 Å². The van der Waals surface area contributed by atoms with E-state index in [1.807, 2.05) is 0 Å². The molecule has 5 heteroatoms. The van der Waals surface area contributed by atoms with Crippen molar-refractivity contribution in [1.29, 1.82) is 0 Å². The zero-order chi connectivity index (χ0) is 10.4. The van der Waals surface area contributed by atoms with Crippen molar-refractivity contribution >= 4 is 11.9 Å². The zero-order valence-electron chi connectivity index (χ0n) is 7.48. The lowest BCUT2D eigenvalue weighted by atomic mass is 10.2. The summed E-state index contributed by atoms with van der Waals surface area (Å²) in [6.07, 6.45) is -0.617. The Bertz CT molecular complexity index is 227. The molecule has 1 unspecified atom stereocenters. The standard InChI is InChI=1S/C8H12O5/c1-5(2)4-13-6(8(11)12)3-7(9)10/h4,6H,3H2,1-2H3,(H,9,10)(H,11,12). The molecule has 0 heterocycles. The van der Waals surface area contributed by atoms with Crippen LogP contribution in [-0.2, 0) is 14.3 Å². The summed E-state index contributed by atoms with van der Waals surface area (Å²) >= 11 is 0. The molecule has 2 N–H and O–H groups in total. The van der Waals surface area contributed by atoms with Gasteiger partial charge in [0.25, 0.3) is 0 Å². The van der Waals surface area contributed by atoms with Crippen LogP contribution in [0.4, 0.5) is 0 Å². The first-order valence-electron chi connectivity index (χ1n) is 3.67. The average molecular weight is 188 g/mol. The summed E-state index contributed by atoms with van der Waals surface area (Å²) < 4.78 is 4.73. The van der Waals surface area contributed by atoms with Gasteiger partial charge in [0, 0.05) is 0 Å². The van der Waals surface area contributed by atoms with Gasteiger partial charge in [-0.3, -0.25) is 4.79 Å². The minimum atomic E-state index is -1.31. The molecule has 0 rings (SSSR count). The number of aliphatic carboxylic acids is 2. The van der Waals surface area contributed by atoms with Gasteiger partial charge in [0.15, 0.2) is 0 Å².